The maximum Gasteiger partial charge on any atom is 0.0726 e. The fraction of sp³-hybridized carbons (Fsp3) is 0.0169. The van der Waals surface area contributed by atoms with Crippen molar-refractivity contribution >= 4 is 59.3 Å². The van der Waals surface area contributed by atoms with E-state index in [0.717, 1.165) is 5.69 Å². The lowest BCUT2D eigenvalue weighted by molar-refractivity contribution is 0.794. The van der Waals surface area contributed by atoms with Gasteiger partial charge in [0, 0.05) is 31.4 Å². The molecule has 1 aromatic heterocycles. The first-order valence-electron chi connectivity index (χ1n) is 21.1. The Labute approximate surface area is 359 Å². The van der Waals surface area contributed by atoms with Crippen molar-refractivity contribution in [3.63, 3.8) is 0 Å². The van der Waals surface area contributed by atoms with Crippen LogP contribution in [0.1, 0.15) is 22.3 Å². The molecular weight excluding hydrogens is 755 g/mol. The fourth-order valence-corrected chi connectivity index (χ4v) is 12.0. The number of fused-ring (bicyclic) bond motifs is 14. The van der Waals surface area contributed by atoms with Gasteiger partial charge in [0.05, 0.1) is 16.8 Å². The number of nitrogens with zero attached hydrogens (tertiary/aromatic N) is 1. The molecule has 0 unspecified atom stereocenters. The number of rotatable bonds is 5. The van der Waals surface area contributed by atoms with Crippen molar-refractivity contribution in [1.29, 1.82) is 0 Å². The standard InChI is InChI=1S/C59H37NS/c1-2-16-40(17-3-1)44-22-12-23-48-57-54(29-14-30-55(57)61-58(44)48)60(43-35-33-39(34-36-43)42-32-31-38-15-4-5-18-41(38)37-42)53-28-13-27-52-56(53)47-21-8-11-26-51(47)59(52)49-24-9-6-19-45(49)46-20-7-10-25-50(46)59/h1-37H. The van der Waals surface area contributed by atoms with E-state index in [1.807, 2.05) is 11.3 Å². The summed E-state index contributed by atoms with van der Waals surface area (Å²) in [6.07, 6.45) is 0. The van der Waals surface area contributed by atoms with Crippen LogP contribution in [-0.4, -0.2) is 0 Å². The van der Waals surface area contributed by atoms with E-state index in [9.17, 15) is 0 Å². The van der Waals surface area contributed by atoms with Crippen LogP contribution in [0.5, 0.6) is 0 Å². The summed E-state index contributed by atoms with van der Waals surface area (Å²) in [5, 5.41) is 5.05. The molecule has 0 saturated carbocycles. The Hall–Kier alpha value is -7.52. The number of thiophene rings is 1. The van der Waals surface area contributed by atoms with Gasteiger partial charge in [-0.3, -0.25) is 0 Å². The topological polar surface area (TPSA) is 3.24 Å². The maximum absolute atomic E-state index is 2.55. The molecule has 0 fully saturated rings. The molecule has 2 heteroatoms. The van der Waals surface area contributed by atoms with Crippen molar-refractivity contribution in [3.8, 4) is 44.5 Å². The summed E-state index contributed by atoms with van der Waals surface area (Å²) in [6, 6.07) is 83.5. The highest BCUT2D eigenvalue weighted by molar-refractivity contribution is 7.26. The van der Waals surface area contributed by atoms with E-state index < -0.39 is 5.41 Å². The van der Waals surface area contributed by atoms with E-state index in [-0.39, 0.29) is 0 Å². The van der Waals surface area contributed by atoms with Crippen LogP contribution in [0.15, 0.2) is 224 Å². The molecule has 13 rings (SSSR count). The van der Waals surface area contributed by atoms with E-state index in [1.165, 1.54) is 109 Å². The van der Waals surface area contributed by atoms with Crippen LogP contribution < -0.4 is 4.90 Å². The molecule has 2 aliphatic carbocycles. The van der Waals surface area contributed by atoms with E-state index in [0.29, 0.717) is 0 Å². The Bertz CT molecular complexity index is 3490. The molecule has 1 spiro atoms. The second-order valence-electron chi connectivity index (χ2n) is 16.3. The van der Waals surface area contributed by atoms with E-state index in [2.05, 4.69) is 229 Å². The third-order valence-electron chi connectivity index (χ3n) is 13.3. The molecule has 1 nitrogen and oxygen atoms in total. The highest BCUT2D eigenvalue weighted by Crippen LogP contribution is 2.65. The van der Waals surface area contributed by atoms with Gasteiger partial charge in [0.25, 0.3) is 0 Å². The van der Waals surface area contributed by atoms with Crippen molar-refractivity contribution in [3.05, 3.63) is 247 Å². The van der Waals surface area contributed by atoms with Gasteiger partial charge in [0.15, 0.2) is 0 Å². The second kappa shape index (κ2) is 13.2. The van der Waals surface area contributed by atoms with Crippen molar-refractivity contribution in [2.45, 2.75) is 5.41 Å². The molecule has 0 aliphatic heterocycles. The highest BCUT2D eigenvalue weighted by atomic mass is 32.1. The summed E-state index contributed by atoms with van der Waals surface area (Å²) >= 11 is 1.89. The number of benzene rings is 10. The van der Waals surface area contributed by atoms with E-state index >= 15 is 0 Å². The Morgan fingerprint density at radius 3 is 1.70 bits per heavy atom. The fourth-order valence-electron chi connectivity index (χ4n) is 10.8. The Morgan fingerprint density at radius 2 is 0.934 bits per heavy atom. The molecule has 0 amide bonds. The molecule has 11 aromatic rings. The monoisotopic (exact) mass is 791 g/mol. The van der Waals surface area contributed by atoms with Gasteiger partial charge in [-0.05, 0) is 108 Å². The minimum atomic E-state index is -0.438. The highest BCUT2D eigenvalue weighted by Gasteiger charge is 2.52. The first-order valence-corrected chi connectivity index (χ1v) is 21.9. The lowest BCUT2D eigenvalue weighted by Crippen LogP contribution is -2.26. The van der Waals surface area contributed by atoms with Crippen LogP contribution >= 0.6 is 11.3 Å². The van der Waals surface area contributed by atoms with Gasteiger partial charge in [0.2, 0.25) is 0 Å². The predicted octanol–water partition coefficient (Wildman–Crippen LogP) is 16.4. The summed E-state index contributed by atoms with van der Waals surface area (Å²) in [5.41, 5.74) is 18.5. The molecule has 0 radical (unpaired) electrons. The largest absolute Gasteiger partial charge is 0.309 e. The molecule has 0 bridgehead atoms. The van der Waals surface area contributed by atoms with Gasteiger partial charge in [-0.2, -0.15) is 0 Å². The molecule has 0 N–H and O–H groups in total. The lowest BCUT2D eigenvalue weighted by Gasteiger charge is -2.32. The molecule has 2 aliphatic rings. The number of anilines is 3. The summed E-state index contributed by atoms with van der Waals surface area (Å²) in [6.45, 7) is 0. The molecule has 1 heterocycles. The van der Waals surface area contributed by atoms with Gasteiger partial charge in [-0.1, -0.05) is 188 Å². The zero-order valence-corrected chi connectivity index (χ0v) is 34.0. The van der Waals surface area contributed by atoms with Gasteiger partial charge in [0.1, 0.15) is 0 Å². The van der Waals surface area contributed by atoms with Crippen molar-refractivity contribution in [2.24, 2.45) is 0 Å². The lowest BCUT2D eigenvalue weighted by atomic mass is 9.70. The molecule has 284 valence electrons. The van der Waals surface area contributed by atoms with Gasteiger partial charge in [-0.25, -0.2) is 0 Å². The van der Waals surface area contributed by atoms with Crippen LogP contribution in [-0.2, 0) is 5.41 Å². The average molecular weight is 792 g/mol. The Balaban J connectivity index is 1.09. The number of hydrogen-bond donors (Lipinski definition) is 0. The molecule has 0 saturated heterocycles. The summed E-state index contributed by atoms with van der Waals surface area (Å²) in [5.74, 6) is 0. The quantitative estimate of drug-likeness (QED) is 0.168. The van der Waals surface area contributed by atoms with Gasteiger partial charge < -0.3 is 4.90 Å². The normalized spacial score (nSPS) is 13.0. The zero-order chi connectivity index (χ0) is 40.1. The van der Waals surface area contributed by atoms with Gasteiger partial charge >= 0.3 is 0 Å². The minimum Gasteiger partial charge on any atom is -0.309 e. The van der Waals surface area contributed by atoms with E-state index in [1.54, 1.807) is 0 Å². The average Bonchev–Trinajstić information content (AvgIpc) is 3.97. The summed E-state index contributed by atoms with van der Waals surface area (Å²) in [7, 11) is 0. The van der Waals surface area contributed by atoms with E-state index in [4.69, 9.17) is 0 Å². The Kier molecular flexibility index (Phi) is 7.46. The van der Waals surface area contributed by atoms with Crippen molar-refractivity contribution in [2.75, 3.05) is 4.90 Å². The summed E-state index contributed by atoms with van der Waals surface area (Å²) in [4.78, 5) is 2.55. The zero-order valence-electron chi connectivity index (χ0n) is 33.2. The molecule has 61 heavy (non-hydrogen) atoms. The van der Waals surface area contributed by atoms with Crippen LogP contribution in [0.25, 0.3) is 75.5 Å². The third-order valence-corrected chi connectivity index (χ3v) is 14.5. The smallest absolute Gasteiger partial charge is 0.0726 e. The molecular formula is C59H37NS. The maximum atomic E-state index is 2.55. The molecule has 10 aromatic carbocycles. The van der Waals surface area contributed by atoms with Crippen LogP contribution in [0, 0.1) is 0 Å². The van der Waals surface area contributed by atoms with Crippen LogP contribution in [0.2, 0.25) is 0 Å². The SMILES string of the molecule is c1ccc(-c2cccc3c2sc2cccc(N(c4ccc(-c5ccc6ccccc6c5)cc4)c4cccc5c4-c4ccccc4C54c5ccccc5-c5ccccc54)c23)cc1. The van der Waals surface area contributed by atoms with Crippen molar-refractivity contribution in [1.82, 2.24) is 0 Å². The summed E-state index contributed by atoms with van der Waals surface area (Å²) < 4.78 is 2.58. The Morgan fingerprint density at radius 1 is 0.361 bits per heavy atom. The van der Waals surface area contributed by atoms with Crippen molar-refractivity contribution < 1.29 is 0 Å². The first kappa shape index (κ1) is 34.4. The number of hydrogen-bond acceptors (Lipinski definition) is 2. The third kappa shape index (κ3) is 4.88. The molecule has 0 atom stereocenters. The first-order chi connectivity index (χ1) is 30.3. The van der Waals surface area contributed by atoms with Crippen LogP contribution in [0.4, 0.5) is 17.1 Å². The van der Waals surface area contributed by atoms with Crippen LogP contribution in [0.3, 0.4) is 0 Å². The second-order valence-corrected chi connectivity index (χ2v) is 17.4. The predicted molar refractivity (Wildman–Crippen MR) is 259 cm³/mol. The minimum absolute atomic E-state index is 0.438. The van der Waals surface area contributed by atoms with Gasteiger partial charge in [-0.15, -0.1) is 11.3 Å².